The van der Waals surface area contributed by atoms with Crippen LogP contribution in [0.15, 0.2) is 65.9 Å². The lowest BCUT2D eigenvalue weighted by Gasteiger charge is -2.23. The first-order valence-electron chi connectivity index (χ1n) is 6.00. The second kappa shape index (κ2) is 5.96. The van der Waals surface area contributed by atoms with Gasteiger partial charge in [0.25, 0.3) is 0 Å². The molecule has 2 aromatic carbocycles. The maximum Gasteiger partial charge on any atom is 0.0727 e. The molecule has 0 heterocycles. The van der Waals surface area contributed by atoms with Gasteiger partial charge in [0.05, 0.1) is 17.9 Å². The van der Waals surface area contributed by atoms with E-state index in [1.54, 1.807) is 5.01 Å². The Balaban J connectivity index is 2.12. The zero-order valence-electron chi connectivity index (χ0n) is 10.4. The molecule has 0 amide bonds. The van der Waals surface area contributed by atoms with Gasteiger partial charge in [-0.3, -0.25) is 0 Å². The van der Waals surface area contributed by atoms with Crippen LogP contribution in [0.2, 0.25) is 0 Å². The van der Waals surface area contributed by atoms with Gasteiger partial charge in [-0.2, -0.15) is 0 Å². The molecule has 3 heteroatoms. The summed E-state index contributed by atoms with van der Waals surface area (Å²) in [5.74, 6) is 0. The van der Waals surface area contributed by atoms with Gasteiger partial charge in [0.1, 0.15) is 0 Å². The van der Waals surface area contributed by atoms with E-state index in [9.17, 15) is 4.91 Å². The summed E-state index contributed by atoms with van der Waals surface area (Å²) in [5, 5.41) is 4.70. The maximum absolute atomic E-state index is 11.0. The Labute approximate surface area is 107 Å². The minimum atomic E-state index is -0.0242. The molecule has 0 aliphatic rings. The molecule has 0 aliphatic carbocycles. The second-order valence-electron chi connectivity index (χ2n) is 4.25. The predicted molar refractivity (Wildman–Crippen MR) is 72.6 cm³/mol. The fourth-order valence-corrected chi connectivity index (χ4v) is 1.91. The van der Waals surface area contributed by atoms with Crippen LogP contribution >= 0.6 is 0 Å². The number of benzene rings is 2. The first-order chi connectivity index (χ1) is 8.81. The van der Waals surface area contributed by atoms with E-state index in [1.165, 1.54) is 0 Å². The highest BCUT2D eigenvalue weighted by Crippen LogP contribution is 2.22. The summed E-state index contributed by atoms with van der Waals surface area (Å²) in [6.45, 7) is 2.51. The van der Waals surface area contributed by atoms with E-state index in [2.05, 4.69) is 5.29 Å². The van der Waals surface area contributed by atoms with E-state index in [0.29, 0.717) is 6.54 Å². The summed E-state index contributed by atoms with van der Waals surface area (Å²) in [5.41, 5.74) is 2.17. The molecule has 2 rings (SSSR count). The van der Waals surface area contributed by atoms with Crippen LogP contribution in [0.5, 0.6) is 0 Å². The van der Waals surface area contributed by atoms with Crippen molar-refractivity contribution >= 4 is 0 Å². The number of rotatable bonds is 5. The molecule has 0 bridgehead atoms. The van der Waals surface area contributed by atoms with Crippen LogP contribution in [0.1, 0.15) is 24.1 Å². The van der Waals surface area contributed by atoms with E-state index in [-0.39, 0.29) is 6.04 Å². The van der Waals surface area contributed by atoms with E-state index in [4.69, 9.17) is 0 Å². The number of hydrogen-bond donors (Lipinski definition) is 0. The summed E-state index contributed by atoms with van der Waals surface area (Å²) in [6.07, 6.45) is 0. The Morgan fingerprint density at radius 1 is 1.00 bits per heavy atom. The second-order valence-corrected chi connectivity index (χ2v) is 4.25. The molecule has 0 N–H and O–H groups in total. The van der Waals surface area contributed by atoms with Crippen molar-refractivity contribution in [3.63, 3.8) is 0 Å². The summed E-state index contributed by atoms with van der Waals surface area (Å²) < 4.78 is 0. The number of hydrogen-bond acceptors (Lipinski definition) is 2. The van der Waals surface area contributed by atoms with Gasteiger partial charge >= 0.3 is 0 Å². The molecule has 1 unspecified atom stereocenters. The van der Waals surface area contributed by atoms with Crippen molar-refractivity contribution in [2.45, 2.75) is 19.5 Å². The number of nitroso groups, excluding NO2 is 1. The van der Waals surface area contributed by atoms with Gasteiger partial charge in [-0.25, -0.2) is 5.01 Å². The van der Waals surface area contributed by atoms with Crippen LogP contribution in [-0.4, -0.2) is 5.01 Å². The van der Waals surface area contributed by atoms with Crippen molar-refractivity contribution in [2.24, 2.45) is 5.29 Å². The normalized spacial score (nSPS) is 11.8. The largest absolute Gasteiger partial charge is 0.249 e. The van der Waals surface area contributed by atoms with Gasteiger partial charge in [-0.05, 0) is 18.1 Å². The van der Waals surface area contributed by atoms with Gasteiger partial charge in [-0.15, -0.1) is 4.91 Å². The SMILES string of the molecule is CC(c1ccccc1)N(Cc1ccccc1)N=O. The van der Waals surface area contributed by atoms with Crippen molar-refractivity contribution in [2.75, 3.05) is 0 Å². The Morgan fingerprint density at radius 2 is 1.56 bits per heavy atom. The summed E-state index contributed by atoms with van der Waals surface area (Å²) in [6, 6.07) is 19.8. The molecule has 0 spiro atoms. The van der Waals surface area contributed by atoms with Crippen LogP contribution in [0.25, 0.3) is 0 Å². The van der Waals surface area contributed by atoms with Crippen molar-refractivity contribution in [3.8, 4) is 0 Å². The highest BCUT2D eigenvalue weighted by molar-refractivity contribution is 5.19. The first-order valence-corrected chi connectivity index (χ1v) is 6.00. The average Bonchev–Trinajstić information content (AvgIpc) is 2.46. The van der Waals surface area contributed by atoms with E-state index in [1.807, 2.05) is 67.6 Å². The zero-order chi connectivity index (χ0) is 12.8. The Morgan fingerprint density at radius 3 is 2.11 bits per heavy atom. The third-order valence-corrected chi connectivity index (χ3v) is 3.02. The molecule has 3 nitrogen and oxygen atoms in total. The van der Waals surface area contributed by atoms with Gasteiger partial charge in [-0.1, -0.05) is 60.7 Å². The van der Waals surface area contributed by atoms with Gasteiger partial charge in [0, 0.05) is 0 Å². The predicted octanol–water partition coefficient (Wildman–Crippen LogP) is 3.93. The first kappa shape index (κ1) is 12.3. The van der Waals surface area contributed by atoms with Gasteiger partial charge in [0.2, 0.25) is 0 Å². The minimum absolute atomic E-state index is 0.0242. The molecule has 0 saturated heterocycles. The van der Waals surface area contributed by atoms with Gasteiger partial charge in [0.15, 0.2) is 0 Å². The molecule has 2 aromatic rings. The minimum Gasteiger partial charge on any atom is -0.249 e. The Hall–Kier alpha value is -2.16. The highest BCUT2D eigenvalue weighted by Gasteiger charge is 2.15. The Kier molecular flexibility index (Phi) is 4.07. The molecule has 0 aliphatic heterocycles. The van der Waals surface area contributed by atoms with Crippen molar-refractivity contribution in [1.82, 2.24) is 5.01 Å². The van der Waals surface area contributed by atoms with Crippen LogP contribution < -0.4 is 0 Å². The summed E-state index contributed by atoms with van der Waals surface area (Å²) >= 11 is 0. The van der Waals surface area contributed by atoms with Crippen LogP contribution in [0, 0.1) is 4.91 Å². The monoisotopic (exact) mass is 240 g/mol. The molecule has 0 radical (unpaired) electrons. The third-order valence-electron chi connectivity index (χ3n) is 3.02. The lowest BCUT2D eigenvalue weighted by Crippen LogP contribution is -2.20. The highest BCUT2D eigenvalue weighted by atomic mass is 16.3. The maximum atomic E-state index is 11.0. The molecule has 0 aromatic heterocycles. The fourth-order valence-electron chi connectivity index (χ4n) is 1.91. The van der Waals surface area contributed by atoms with E-state index >= 15 is 0 Å². The number of nitrogens with zero attached hydrogens (tertiary/aromatic N) is 2. The fraction of sp³-hybridized carbons (Fsp3) is 0.200. The van der Waals surface area contributed by atoms with Crippen molar-refractivity contribution < 1.29 is 0 Å². The van der Waals surface area contributed by atoms with E-state index < -0.39 is 0 Å². The molecular weight excluding hydrogens is 224 g/mol. The van der Waals surface area contributed by atoms with Crippen molar-refractivity contribution in [3.05, 3.63) is 76.7 Å². The molecule has 18 heavy (non-hydrogen) atoms. The van der Waals surface area contributed by atoms with Crippen LogP contribution in [0.4, 0.5) is 0 Å². The summed E-state index contributed by atoms with van der Waals surface area (Å²) in [7, 11) is 0. The third kappa shape index (κ3) is 2.94. The van der Waals surface area contributed by atoms with Crippen molar-refractivity contribution in [1.29, 1.82) is 0 Å². The lowest BCUT2D eigenvalue weighted by atomic mass is 10.1. The molecule has 0 saturated carbocycles. The van der Waals surface area contributed by atoms with E-state index in [0.717, 1.165) is 11.1 Å². The standard InChI is InChI=1S/C15H16N2O/c1-13(15-10-6-3-7-11-15)17(16-18)12-14-8-4-2-5-9-14/h2-11,13H,12H2,1H3. The average molecular weight is 240 g/mol. The van der Waals surface area contributed by atoms with Crippen LogP contribution in [-0.2, 0) is 6.54 Å². The smallest absolute Gasteiger partial charge is 0.0727 e. The molecular formula is C15H16N2O. The zero-order valence-corrected chi connectivity index (χ0v) is 10.4. The molecule has 1 atom stereocenters. The van der Waals surface area contributed by atoms with Crippen LogP contribution in [0.3, 0.4) is 0 Å². The lowest BCUT2D eigenvalue weighted by molar-refractivity contribution is 0.208. The molecule has 0 fully saturated rings. The summed E-state index contributed by atoms with van der Waals surface area (Å²) in [4.78, 5) is 11.0. The Bertz CT molecular complexity index is 484. The topological polar surface area (TPSA) is 32.7 Å². The molecule has 92 valence electrons. The van der Waals surface area contributed by atoms with Gasteiger partial charge < -0.3 is 0 Å². The quantitative estimate of drug-likeness (QED) is 0.586.